The number of halogens is 3. The first-order chi connectivity index (χ1) is 20.7. The molecule has 13 nitrogen and oxygen atoms in total. The minimum Gasteiger partial charge on any atom is -0.507 e. The number of nitriles is 1. The average molecular weight is 616 g/mol. The smallest absolute Gasteiger partial charge is 0.417 e. The van der Waals surface area contributed by atoms with Crippen LogP contribution in [0.15, 0.2) is 48.5 Å². The molecule has 230 valence electrons. The van der Waals surface area contributed by atoms with E-state index in [0.717, 1.165) is 38.5 Å². The lowest BCUT2D eigenvalue weighted by Gasteiger charge is -2.19. The van der Waals surface area contributed by atoms with Gasteiger partial charge in [0.2, 0.25) is 0 Å². The highest BCUT2D eigenvalue weighted by molar-refractivity contribution is 6.35. The van der Waals surface area contributed by atoms with Gasteiger partial charge in [0.15, 0.2) is 6.29 Å². The molecule has 0 bridgehead atoms. The summed E-state index contributed by atoms with van der Waals surface area (Å²) < 4.78 is 50.2. The van der Waals surface area contributed by atoms with Crippen molar-refractivity contribution >= 4 is 47.2 Å². The van der Waals surface area contributed by atoms with Crippen LogP contribution in [0.3, 0.4) is 0 Å². The molecule has 0 aliphatic heterocycles. The molecule has 0 saturated heterocycles. The van der Waals surface area contributed by atoms with Gasteiger partial charge in [0.25, 0.3) is 0 Å². The van der Waals surface area contributed by atoms with Gasteiger partial charge in [-0.1, -0.05) is 6.07 Å². The Balaban J connectivity index is 0.000000432. The number of methoxy groups -OCH3 is 2. The number of phenols is 1. The normalized spacial score (nSPS) is 10.2. The van der Waals surface area contributed by atoms with Crippen LogP contribution in [0.2, 0.25) is 0 Å². The minimum absolute atomic E-state index is 0.0975. The summed E-state index contributed by atoms with van der Waals surface area (Å²) in [6.45, 7) is 0. The third-order valence-electron chi connectivity index (χ3n) is 5.66. The molecule has 0 fully saturated rings. The fourth-order valence-electron chi connectivity index (χ4n) is 3.62. The van der Waals surface area contributed by atoms with Gasteiger partial charge >= 0.3 is 24.3 Å². The summed E-state index contributed by atoms with van der Waals surface area (Å²) in [4.78, 5) is 44.6. The maximum absolute atomic E-state index is 13.8. The number of hydrogen-bond acceptors (Lipinski definition) is 10. The molecule has 0 radical (unpaired) electrons. The van der Waals surface area contributed by atoms with E-state index in [1.54, 1.807) is 19.2 Å². The zero-order chi connectivity index (χ0) is 33.2. The number of anilines is 3. The first-order valence-electron chi connectivity index (χ1n) is 12.0. The summed E-state index contributed by atoms with van der Waals surface area (Å²) in [6.07, 6.45) is -6.82. The van der Waals surface area contributed by atoms with Crippen molar-refractivity contribution in [3.05, 3.63) is 70.8 Å². The van der Waals surface area contributed by atoms with Crippen LogP contribution >= 0.6 is 0 Å². The maximum atomic E-state index is 13.8. The molecule has 44 heavy (non-hydrogen) atoms. The molecule has 3 aromatic rings. The lowest BCUT2D eigenvalue weighted by molar-refractivity contribution is -0.137. The number of alkyl halides is 3. The SMILES string of the molecule is CNc1ccc(C#N)cc1C(=O)O.COC(=O)Nc1ccc(-c2cc(C(=N)C=O)c(O)cc2NC(=O)OC)c(C(F)(F)F)c1. The summed E-state index contributed by atoms with van der Waals surface area (Å²) in [7, 11) is 3.70. The van der Waals surface area contributed by atoms with Crippen molar-refractivity contribution in [2.75, 3.05) is 37.2 Å². The number of hydrogen-bond donors (Lipinski definition) is 6. The van der Waals surface area contributed by atoms with Gasteiger partial charge in [-0.3, -0.25) is 20.8 Å². The molecule has 2 amide bonds. The largest absolute Gasteiger partial charge is 0.507 e. The predicted molar refractivity (Wildman–Crippen MR) is 151 cm³/mol. The van der Waals surface area contributed by atoms with E-state index < -0.39 is 46.9 Å². The number of nitrogens with zero attached hydrogens (tertiary/aromatic N) is 1. The van der Waals surface area contributed by atoms with Crippen molar-refractivity contribution in [1.82, 2.24) is 0 Å². The molecular weight excluding hydrogens is 591 g/mol. The molecule has 0 aliphatic rings. The van der Waals surface area contributed by atoms with Gasteiger partial charge in [0.1, 0.15) is 11.5 Å². The van der Waals surface area contributed by atoms with E-state index in [-0.39, 0.29) is 34.4 Å². The summed E-state index contributed by atoms with van der Waals surface area (Å²) in [6, 6.07) is 11.0. The Bertz CT molecular complexity index is 1650. The number of aldehydes is 1. The Hall–Kier alpha value is -6.11. The van der Waals surface area contributed by atoms with Crippen molar-refractivity contribution in [2.24, 2.45) is 0 Å². The number of carbonyl (C=O) groups excluding carboxylic acids is 3. The highest BCUT2D eigenvalue weighted by Crippen LogP contribution is 2.43. The van der Waals surface area contributed by atoms with Gasteiger partial charge < -0.3 is 25.0 Å². The van der Waals surface area contributed by atoms with Crippen LogP contribution in [0, 0.1) is 16.7 Å². The highest BCUT2D eigenvalue weighted by Gasteiger charge is 2.35. The van der Waals surface area contributed by atoms with Crippen molar-refractivity contribution < 1.29 is 52.0 Å². The topological polar surface area (TPSA) is 211 Å². The van der Waals surface area contributed by atoms with Crippen molar-refractivity contribution in [3.63, 3.8) is 0 Å². The molecule has 0 heterocycles. The Labute approximate surface area is 247 Å². The van der Waals surface area contributed by atoms with E-state index >= 15 is 0 Å². The number of phenolic OH excluding ortho intramolecular Hbond substituents is 1. The molecule has 3 aromatic carbocycles. The molecule has 16 heteroatoms. The highest BCUT2D eigenvalue weighted by atomic mass is 19.4. The summed E-state index contributed by atoms with van der Waals surface area (Å²) in [5, 5.41) is 42.0. The number of carboxylic acid groups (broad SMARTS) is 1. The second-order valence-corrected chi connectivity index (χ2v) is 8.37. The van der Waals surface area contributed by atoms with E-state index in [1.807, 2.05) is 6.07 Å². The summed E-state index contributed by atoms with van der Waals surface area (Å²) in [5.74, 6) is -1.66. The lowest BCUT2D eigenvalue weighted by Crippen LogP contribution is -2.15. The Morgan fingerprint density at radius 3 is 2.09 bits per heavy atom. The minimum atomic E-state index is -4.90. The second-order valence-electron chi connectivity index (χ2n) is 8.37. The maximum Gasteiger partial charge on any atom is 0.417 e. The molecule has 0 spiro atoms. The van der Waals surface area contributed by atoms with Crippen LogP contribution in [0.1, 0.15) is 27.0 Å². The number of amides is 2. The molecule has 3 rings (SSSR count). The zero-order valence-corrected chi connectivity index (χ0v) is 23.1. The number of nitrogens with one attached hydrogen (secondary N) is 4. The lowest BCUT2D eigenvalue weighted by atomic mass is 9.94. The number of aromatic carboxylic acids is 1. The Morgan fingerprint density at radius 1 is 0.932 bits per heavy atom. The summed E-state index contributed by atoms with van der Waals surface area (Å²) >= 11 is 0. The fourth-order valence-corrected chi connectivity index (χ4v) is 3.62. The quantitative estimate of drug-likeness (QED) is 0.149. The van der Waals surface area contributed by atoms with E-state index in [9.17, 15) is 37.5 Å². The van der Waals surface area contributed by atoms with Crippen LogP contribution in [0.25, 0.3) is 11.1 Å². The third kappa shape index (κ3) is 8.45. The Kier molecular flexibility index (Phi) is 11.4. The first-order valence-corrected chi connectivity index (χ1v) is 12.0. The second kappa shape index (κ2) is 14.7. The van der Waals surface area contributed by atoms with Gasteiger partial charge in [-0.05, 0) is 42.0 Å². The van der Waals surface area contributed by atoms with Gasteiger partial charge in [-0.2, -0.15) is 18.4 Å². The van der Waals surface area contributed by atoms with Crippen LogP contribution in [0.4, 0.5) is 39.8 Å². The monoisotopic (exact) mass is 615 g/mol. The molecule has 0 saturated carbocycles. The summed E-state index contributed by atoms with van der Waals surface area (Å²) in [5.41, 5.74) is -2.51. The van der Waals surface area contributed by atoms with E-state index in [0.29, 0.717) is 17.3 Å². The zero-order valence-electron chi connectivity index (χ0n) is 23.1. The standard InChI is InChI=1S/C19H16F3N3O6.C9H8N2O2/c1-30-17(28)24-9-3-4-10(13(5-9)19(20,21)22)11-6-12(14(23)8-26)16(27)7-15(11)25-18(29)31-2;1-11-8-3-2-6(5-10)4-7(8)9(12)13/h3-8,23,27H,1-2H3,(H,24,28)(H,25,29);2-4,11H,1H3,(H,12,13). The number of carboxylic acids is 1. The van der Waals surface area contributed by atoms with E-state index in [4.69, 9.17) is 15.8 Å². The molecular formula is C28H24F3N5O8. The number of rotatable bonds is 7. The van der Waals surface area contributed by atoms with Gasteiger partial charge in [0.05, 0.1) is 42.7 Å². The van der Waals surface area contributed by atoms with Gasteiger partial charge in [-0.25, -0.2) is 14.4 Å². The number of carbonyl (C=O) groups is 4. The Morgan fingerprint density at radius 2 is 1.57 bits per heavy atom. The van der Waals surface area contributed by atoms with E-state index in [1.165, 1.54) is 6.07 Å². The van der Waals surface area contributed by atoms with Crippen molar-refractivity contribution in [2.45, 2.75) is 6.18 Å². The molecule has 6 N–H and O–H groups in total. The fraction of sp³-hybridized carbons (Fsp3) is 0.143. The van der Waals surface area contributed by atoms with Crippen LogP contribution in [0.5, 0.6) is 5.75 Å². The predicted octanol–water partition coefficient (Wildman–Crippen LogP) is 5.30. The first kappa shape index (κ1) is 34.1. The number of aromatic hydroxyl groups is 1. The third-order valence-corrected chi connectivity index (χ3v) is 5.66. The van der Waals surface area contributed by atoms with Crippen LogP contribution in [-0.2, 0) is 20.4 Å². The molecule has 0 atom stereocenters. The van der Waals surface area contributed by atoms with Crippen LogP contribution < -0.4 is 16.0 Å². The average Bonchev–Trinajstić information content (AvgIpc) is 3.00. The van der Waals surface area contributed by atoms with Crippen molar-refractivity contribution in [1.29, 1.82) is 10.7 Å². The van der Waals surface area contributed by atoms with Crippen LogP contribution in [-0.4, -0.2) is 61.6 Å². The molecule has 0 aliphatic carbocycles. The van der Waals surface area contributed by atoms with Gasteiger partial charge in [-0.15, -0.1) is 0 Å². The number of ether oxygens (including phenoxy) is 2. The van der Waals surface area contributed by atoms with E-state index in [2.05, 4.69) is 25.4 Å². The van der Waals surface area contributed by atoms with Gasteiger partial charge in [0, 0.05) is 35.6 Å². The molecule has 0 unspecified atom stereocenters. The molecule has 0 aromatic heterocycles. The van der Waals surface area contributed by atoms with Crippen molar-refractivity contribution in [3.8, 4) is 22.9 Å². The number of benzene rings is 3.